The Hall–Kier alpha value is -1.93. The van der Waals surface area contributed by atoms with Gasteiger partial charge < -0.3 is 20.1 Å². The number of nitrogens with zero attached hydrogens (tertiary/aromatic N) is 1. The van der Waals surface area contributed by atoms with Gasteiger partial charge in [0.1, 0.15) is 6.04 Å². The third-order valence-corrected chi connectivity index (χ3v) is 4.83. The van der Waals surface area contributed by atoms with Crippen molar-refractivity contribution in [3.8, 4) is 0 Å². The molecule has 7 nitrogen and oxygen atoms in total. The minimum absolute atomic E-state index is 0.0281. The van der Waals surface area contributed by atoms with Gasteiger partial charge in [-0.2, -0.15) is 0 Å². The summed E-state index contributed by atoms with van der Waals surface area (Å²) in [6, 6.07) is 2.36. The summed E-state index contributed by atoms with van der Waals surface area (Å²) in [4.78, 5) is 37.5. The number of amides is 2. The predicted molar refractivity (Wildman–Crippen MR) is 84.0 cm³/mol. The molecule has 1 aliphatic rings. The van der Waals surface area contributed by atoms with Crippen LogP contribution in [-0.2, 0) is 19.1 Å². The van der Waals surface area contributed by atoms with Crippen LogP contribution >= 0.6 is 11.3 Å². The summed E-state index contributed by atoms with van der Waals surface area (Å²) < 4.78 is 5.19. The van der Waals surface area contributed by atoms with Gasteiger partial charge in [0, 0.05) is 31.9 Å². The standard InChI is InChI=1S/C15H20N2O5S/c1-9(18)16-11(13-4-3-5-23-13)7-14(19)17-8-10(22-2)6-12(17)15(20)21/h3-5,10-12H,6-8H2,1-2H3,(H,16,18)(H,20,21). The maximum absolute atomic E-state index is 12.6. The molecule has 1 aliphatic heterocycles. The summed E-state index contributed by atoms with van der Waals surface area (Å²) in [6.07, 6.45) is 0.0304. The van der Waals surface area contributed by atoms with Crippen molar-refractivity contribution < 1.29 is 24.2 Å². The fraction of sp³-hybridized carbons (Fsp3) is 0.533. The monoisotopic (exact) mass is 340 g/mol. The lowest BCUT2D eigenvalue weighted by molar-refractivity contribution is -0.148. The van der Waals surface area contributed by atoms with Gasteiger partial charge in [0.05, 0.1) is 18.6 Å². The van der Waals surface area contributed by atoms with E-state index >= 15 is 0 Å². The van der Waals surface area contributed by atoms with Crippen LogP contribution in [0.3, 0.4) is 0 Å². The molecule has 1 saturated heterocycles. The lowest BCUT2D eigenvalue weighted by Crippen LogP contribution is -2.42. The lowest BCUT2D eigenvalue weighted by atomic mass is 10.1. The fourth-order valence-corrected chi connectivity index (χ4v) is 3.51. The number of rotatable bonds is 6. The van der Waals surface area contributed by atoms with E-state index in [1.165, 1.54) is 30.3 Å². The molecular formula is C15H20N2O5S. The highest BCUT2D eigenvalue weighted by atomic mass is 32.1. The molecule has 0 aliphatic carbocycles. The Bertz CT molecular complexity index is 574. The molecule has 2 rings (SSSR count). The zero-order valence-corrected chi connectivity index (χ0v) is 13.8. The number of carboxylic acids is 1. The topological polar surface area (TPSA) is 95.9 Å². The molecule has 0 aromatic carbocycles. The van der Waals surface area contributed by atoms with Gasteiger partial charge in [-0.3, -0.25) is 9.59 Å². The van der Waals surface area contributed by atoms with E-state index in [1.54, 1.807) is 0 Å². The Morgan fingerprint density at radius 2 is 2.26 bits per heavy atom. The summed E-state index contributed by atoms with van der Waals surface area (Å²) in [5.74, 6) is -1.57. The highest BCUT2D eigenvalue weighted by molar-refractivity contribution is 7.10. The molecule has 3 atom stereocenters. The molecule has 2 N–H and O–H groups in total. The first-order valence-corrected chi connectivity index (χ1v) is 8.16. The van der Waals surface area contributed by atoms with Gasteiger partial charge in [0.25, 0.3) is 0 Å². The van der Waals surface area contributed by atoms with Crippen molar-refractivity contribution in [3.63, 3.8) is 0 Å². The van der Waals surface area contributed by atoms with E-state index in [9.17, 15) is 19.5 Å². The second kappa shape index (κ2) is 7.56. The minimum Gasteiger partial charge on any atom is -0.480 e. The third kappa shape index (κ3) is 4.29. The number of methoxy groups -OCH3 is 1. The van der Waals surface area contributed by atoms with E-state index < -0.39 is 18.1 Å². The molecule has 3 unspecified atom stereocenters. The summed E-state index contributed by atoms with van der Waals surface area (Å²) in [7, 11) is 1.50. The number of thiophene rings is 1. The second-order valence-corrected chi connectivity index (χ2v) is 6.45. The van der Waals surface area contributed by atoms with Crippen LogP contribution in [0.5, 0.6) is 0 Å². The molecule has 126 valence electrons. The second-order valence-electron chi connectivity index (χ2n) is 5.47. The molecule has 2 amide bonds. The van der Waals surface area contributed by atoms with Crippen LogP contribution in [-0.4, -0.2) is 53.6 Å². The minimum atomic E-state index is -1.04. The summed E-state index contributed by atoms with van der Waals surface area (Å²) in [5.41, 5.74) is 0. The first-order valence-electron chi connectivity index (χ1n) is 7.28. The number of ether oxygens (including phenoxy) is 1. The largest absolute Gasteiger partial charge is 0.480 e. The van der Waals surface area contributed by atoms with Crippen LogP contribution < -0.4 is 5.32 Å². The third-order valence-electron chi connectivity index (χ3n) is 3.84. The van der Waals surface area contributed by atoms with E-state index in [2.05, 4.69) is 5.32 Å². The molecule has 2 heterocycles. The van der Waals surface area contributed by atoms with Gasteiger partial charge in [-0.25, -0.2) is 4.79 Å². The average molecular weight is 340 g/mol. The molecule has 23 heavy (non-hydrogen) atoms. The Labute approximate surface area is 138 Å². The SMILES string of the molecule is COC1CC(C(=O)O)N(C(=O)CC(NC(C)=O)c2cccs2)C1. The molecule has 0 radical (unpaired) electrons. The van der Waals surface area contributed by atoms with Crippen LogP contribution in [0.2, 0.25) is 0 Å². The highest BCUT2D eigenvalue weighted by Gasteiger charge is 2.40. The Morgan fingerprint density at radius 1 is 1.52 bits per heavy atom. The van der Waals surface area contributed by atoms with Gasteiger partial charge in [-0.15, -0.1) is 11.3 Å². The van der Waals surface area contributed by atoms with Crippen LogP contribution in [0.4, 0.5) is 0 Å². The van der Waals surface area contributed by atoms with Crippen LogP contribution in [0.25, 0.3) is 0 Å². The summed E-state index contributed by atoms with van der Waals surface area (Å²) >= 11 is 1.44. The van der Waals surface area contributed by atoms with Crippen LogP contribution in [0, 0.1) is 0 Å². The Kier molecular flexibility index (Phi) is 5.73. The number of hydrogen-bond donors (Lipinski definition) is 2. The number of likely N-dealkylation sites (tertiary alicyclic amines) is 1. The van der Waals surface area contributed by atoms with Gasteiger partial charge in [0.15, 0.2) is 0 Å². The molecule has 0 bridgehead atoms. The fourth-order valence-electron chi connectivity index (χ4n) is 2.73. The maximum Gasteiger partial charge on any atom is 0.326 e. The smallest absolute Gasteiger partial charge is 0.326 e. The van der Waals surface area contributed by atoms with Crippen molar-refractivity contribution in [2.45, 2.75) is 38.0 Å². The molecule has 0 spiro atoms. The zero-order chi connectivity index (χ0) is 17.0. The summed E-state index contributed by atoms with van der Waals surface area (Å²) in [6.45, 7) is 1.64. The predicted octanol–water partition coefficient (Wildman–Crippen LogP) is 1.02. The van der Waals surface area contributed by atoms with E-state index in [-0.39, 0.29) is 37.3 Å². The number of aliphatic carboxylic acids is 1. The van der Waals surface area contributed by atoms with Crippen molar-refractivity contribution in [1.82, 2.24) is 10.2 Å². The first-order chi connectivity index (χ1) is 10.9. The number of carbonyl (C=O) groups is 3. The Morgan fingerprint density at radius 3 is 2.78 bits per heavy atom. The van der Waals surface area contributed by atoms with Crippen molar-refractivity contribution in [1.29, 1.82) is 0 Å². The van der Waals surface area contributed by atoms with E-state index in [1.807, 2.05) is 17.5 Å². The summed E-state index contributed by atoms with van der Waals surface area (Å²) in [5, 5.41) is 13.9. The van der Waals surface area contributed by atoms with Crippen LogP contribution in [0.1, 0.15) is 30.7 Å². The Balaban J connectivity index is 2.11. The molecular weight excluding hydrogens is 320 g/mol. The average Bonchev–Trinajstić information content (AvgIpc) is 3.15. The number of carboxylic acid groups (broad SMARTS) is 1. The maximum atomic E-state index is 12.6. The molecule has 0 saturated carbocycles. The van der Waals surface area contributed by atoms with E-state index in [0.29, 0.717) is 0 Å². The quantitative estimate of drug-likeness (QED) is 0.806. The van der Waals surface area contributed by atoms with Gasteiger partial charge in [-0.05, 0) is 11.4 Å². The van der Waals surface area contributed by atoms with E-state index in [4.69, 9.17) is 4.74 Å². The highest BCUT2D eigenvalue weighted by Crippen LogP contribution is 2.26. The zero-order valence-electron chi connectivity index (χ0n) is 13.0. The molecule has 1 fully saturated rings. The van der Waals surface area contributed by atoms with Crippen molar-refractivity contribution in [2.24, 2.45) is 0 Å². The molecule has 8 heteroatoms. The normalized spacial score (nSPS) is 21.9. The number of carbonyl (C=O) groups excluding carboxylic acids is 2. The van der Waals surface area contributed by atoms with Crippen LogP contribution in [0.15, 0.2) is 17.5 Å². The van der Waals surface area contributed by atoms with Crippen molar-refractivity contribution >= 4 is 29.1 Å². The molecule has 1 aromatic rings. The number of nitrogens with one attached hydrogen (secondary N) is 1. The van der Waals surface area contributed by atoms with Crippen molar-refractivity contribution in [2.75, 3.05) is 13.7 Å². The lowest BCUT2D eigenvalue weighted by Gasteiger charge is -2.24. The molecule has 1 aromatic heterocycles. The van der Waals surface area contributed by atoms with Crippen molar-refractivity contribution in [3.05, 3.63) is 22.4 Å². The van der Waals surface area contributed by atoms with Gasteiger partial charge >= 0.3 is 5.97 Å². The number of hydrogen-bond acceptors (Lipinski definition) is 5. The van der Waals surface area contributed by atoms with E-state index in [0.717, 1.165) is 4.88 Å². The van der Waals surface area contributed by atoms with Gasteiger partial charge in [0.2, 0.25) is 11.8 Å². The van der Waals surface area contributed by atoms with Gasteiger partial charge in [-0.1, -0.05) is 6.07 Å². The first kappa shape index (κ1) is 17.4.